The Balaban J connectivity index is 2.57. The number of nitrogens with zero attached hydrogens (tertiary/aromatic N) is 3. The number of carbonyl (C=O) groups excluding carboxylic acids is 1. The van der Waals surface area contributed by atoms with Crippen LogP contribution in [0.5, 0.6) is 0 Å². The Kier molecular flexibility index (Phi) is 6.53. The van der Waals surface area contributed by atoms with E-state index in [1.165, 1.54) is 30.2 Å². The molecule has 0 fully saturated rings. The molecule has 0 saturated heterocycles. The number of nitrogens with one attached hydrogen (secondary N) is 1. The molecule has 1 rings (SSSR count). The SMILES string of the molecule is COC(=O)C(CSc1nnc(N(C)C)s1)NC(C)C. The van der Waals surface area contributed by atoms with Crippen LogP contribution in [0.25, 0.3) is 0 Å². The zero-order valence-electron chi connectivity index (χ0n) is 11.8. The van der Waals surface area contributed by atoms with Gasteiger partial charge in [0, 0.05) is 25.9 Å². The molecule has 0 saturated carbocycles. The van der Waals surface area contributed by atoms with Crippen molar-refractivity contribution in [2.75, 3.05) is 31.9 Å². The molecule has 0 bridgehead atoms. The Morgan fingerprint density at radius 2 is 2.16 bits per heavy atom. The molecule has 0 aliphatic rings. The van der Waals surface area contributed by atoms with Gasteiger partial charge in [0.2, 0.25) is 5.13 Å². The second kappa shape index (κ2) is 7.66. The topological polar surface area (TPSA) is 67.3 Å². The smallest absolute Gasteiger partial charge is 0.323 e. The number of methoxy groups -OCH3 is 1. The van der Waals surface area contributed by atoms with E-state index in [1.54, 1.807) is 0 Å². The van der Waals surface area contributed by atoms with Gasteiger partial charge in [0.15, 0.2) is 4.34 Å². The number of hydrogen-bond acceptors (Lipinski definition) is 8. The minimum atomic E-state index is -0.332. The van der Waals surface area contributed by atoms with Gasteiger partial charge in [-0.1, -0.05) is 36.9 Å². The van der Waals surface area contributed by atoms with Crippen LogP contribution >= 0.6 is 23.1 Å². The van der Waals surface area contributed by atoms with E-state index in [4.69, 9.17) is 4.74 Å². The summed E-state index contributed by atoms with van der Waals surface area (Å²) in [5.41, 5.74) is 0. The number of thioether (sulfide) groups is 1. The van der Waals surface area contributed by atoms with E-state index in [0.29, 0.717) is 5.75 Å². The monoisotopic (exact) mass is 304 g/mol. The largest absolute Gasteiger partial charge is 0.468 e. The van der Waals surface area contributed by atoms with E-state index in [9.17, 15) is 4.79 Å². The van der Waals surface area contributed by atoms with Crippen LogP contribution in [-0.2, 0) is 9.53 Å². The minimum absolute atomic E-state index is 0.219. The first-order valence-corrected chi connectivity index (χ1v) is 7.71. The minimum Gasteiger partial charge on any atom is -0.468 e. The van der Waals surface area contributed by atoms with Crippen molar-refractivity contribution in [1.29, 1.82) is 0 Å². The fourth-order valence-corrected chi connectivity index (χ4v) is 3.13. The standard InChI is InChI=1S/C11H20N4O2S2/c1-7(2)12-8(9(16)17-5)6-18-11-14-13-10(19-11)15(3)4/h7-8,12H,6H2,1-5H3. The van der Waals surface area contributed by atoms with E-state index in [1.807, 2.05) is 32.8 Å². The molecule has 19 heavy (non-hydrogen) atoms. The number of anilines is 1. The predicted octanol–water partition coefficient (Wildman–Crippen LogP) is 1.24. The maximum absolute atomic E-state index is 11.6. The third-order valence-corrected chi connectivity index (χ3v) is 4.49. The molecule has 108 valence electrons. The van der Waals surface area contributed by atoms with Gasteiger partial charge in [-0.25, -0.2) is 0 Å². The highest BCUT2D eigenvalue weighted by atomic mass is 32.2. The van der Waals surface area contributed by atoms with Crippen LogP contribution in [0.1, 0.15) is 13.8 Å². The lowest BCUT2D eigenvalue weighted by Gasteiger charge is -2.17. The van der Waals surface area contributed by atoms with Gasteiger partial charge in [-0.3, -0.25) is 4.79 Å². The van der Waals surface area contributed by atoms with Crippen LogP contribution in [0.2, 0.25) is 0 Å². The lowest BCUT2D eigenvalue weighted by atomic mass is 10.3. The summed E-state index contributed by atoms with van der Waals surface area (Å²) in [5, 5.41) is 12.2. The molecular formula is C11H20N4O2S2. The molecule has 1 atom stereocenters. The van der Waals surface area contributed by atoms with Crippen molar-refractivity contribution >= 4 is 34.2 Å². The summed E-state index contributed by atoms with van der Waals surface area (Å²) >= 11 is 3.02. The van der Waals surface area contributed by atoms with Gasteiger partial charge in [-0.2, -0.15) is 0 Å². The van der Waals surface area contributed by atoms with Crippen LogP contribution in [0.3, 0.4) is 0 Å². The van der Waals surface area contributed by atoms with E-state index in [0.717, 1.165) is 9.47 Å². The van der Waals surface area contributed by atoms with Gasteiger partial charge in [0.1, 0.15) is 6.04 Å². The summed E-state index contributed by atoms with van der Waals surface area (Å²) in [5.74, 6) is 0.325. The fourth-order valence-electron chi connectivity index (χ4n) is 1.33. The van der Waals surface area contributed by atoms with E-state index >= 15 is 0 Å². The highest BCUT2D eigenvalue weighted by Gasteiger charge is 2.21. The average Bonchev–Trinajstić information content (AvgIpc) is 2.82. The van der Waals surface area contributed by atoms with Gasteiger partial charge in [0.25, 0.3) is 0 Å². The molecule has 1 N–H and O–H groups in total. The van der Waals surface area contributed by atoms with Crippen LogP contribution < -0.4 is 10.2 Å². The maximum Gasteiger partial charge on any atom is 0.323 e. The molecule has 8 heteroatoms. The lowest BCUT2D eigenvalue weighted by Crippen LogP contribution is -2.43. The van der Waals surface area contributed by atoms with Crippen LogP contribution in [0.15, 0.2) is 4.34 Å². The summed E-state index contributed by atoms with van der Waals surface area (Å²) < 4.78 is 5.64. The molecule has 1 unspecified atom stereocenters. The summed E-state index contributed by atoms with van der Waals surface area (Å²) in [4.78, 5) is 13.6. The molecule has 0 spiro atoms. The number of aromatic nitrogens is 2. The van der Waals surface area contributed by atoms with Crippen molar-refractivity contribution in [3.8, 4) is 0 Å². The zero-order chi connectivity index (χ0) is 14.4. The predicted molar refractivity (Wildman–Crippen MR) is 79.0 cm³/mol. The molecule has 6 nitrogen and oxygen atoms in total. The van der Waals surface area contributed by atoms with Gasteiger partial charge in [0.05, 0.1) is 7.11 Å². The summed E-state index contributed by atoms with van der Waals surface area (Å²) in [6.07, 6.45) is 0. The third kappa shape index (κ3) is 5.33. The summed E-state index contributed by atoms with van der Waals surface area (Å²) in [6.45, 7) is 3.99. The highest BCUT2D eigenvalue weighted by molar-refractivity contribution is 8.01. The number of esters is 1. The normalized spacial score (nSPS) is 12.5. The molecule has 0 aliphatic heterocycles. The number of rotatable bonds is 7. The van der Waals surface area contributed by atoms with Crippen molar-refractivity contribution < 1.29 is 9.53 Å². The number of ether oxygens (including phenoxy) is 1. The lowest BCUT2D eigenvalue weighted by molar-refractivity contribution is -0.142. The molecule has 0 amide bonds. The van der Waals surface area contributed by atoms with E-state index in [-0.39, 0.29) is 18.1 Å². The van der Waals surface area contributed by atoms with Crippen molar-refractivity contribution in [3.63, 3.8) is 0 Å². The van der Waals surface area contributed by atoms with Gasteiger partial charge < -0.3 is 15.0 Å². The van der Waals surface area contributed by atoms with E-state index < -0.39 is 0 Å². The number of hydrogen-bond donors (Lipinski definition) is 1. The Morgan fingerprint density at radius 3 is 2.63 bits per heavy atom. The first kappa shape index (κ1) is 16.2. The fraction of sp³-hybridized carbons (Fsp3) is 0.727. The third-order valence-electron chi connectivity index (χ3n) is 2.17. The molecule has 0 radical (unpaired) electrons. The van der Waals surface area contributed by atoms with Crippen molar-refractivity contribution in [2.45, 2.75) is 30.3 Å². The Bertz CT molecular complexity index is 409. The van der Waals surface area contributed by atoms with Gasteiger partial charge in [-0.05, 0) is 0 Å². The Hall–Kier alpha value is -0.860. The summed E-state index contributed by atoms with van der Waals surface area (Å²) in [6, 6.07) is -0.113. The van der Waals surface area contributed by atoms with Gasteiger partial charge in [-0.15, -0.1) is 10.2 Å². The Morgan fingerprint density at radius 1 is 1.47 bits per heavy atom. The van der Waals surface area contributed by atoms with Crippen LogP contribution in [-0.4, -0.2) is 55.2 Å². The van der Waals surface area contributed by atoms with Crippen LogP contribution in [0.4, 0.5) is 5.13 Å². The highest BCUT2D eigenvalue weighted by Crippen LogP contribution is 2.27. The first-order chi connectivity index (χ1) is 8.93. The molecule has 1 aromatic heterocycles. The Labute approximate surface area is 121 Å². The quantitative estimate of drug-likeness (QED) is 0.600. The van der Waals surface area contributed by atoms with Crippen molar-refractivity contribution in [2.24, 2.45) is 0 Å². The molecule has 1 aromatic rings. The van der Waals surface area contributed by atoms with Crippen molar-refractivity contribution in [1.82, 2.24) is 15.5 Å². The first-order valence-electron chi connectivity index (χ1n) is 5.91. The number of carbonyl (C=O) groups is 1. The molecule has 0 aliphatic carbocycles. The summed E-state index contributed by atoms with van der Waals surface area (Å²) in [7, 11) is 5.25. The second-order valence-electron chi connectivity index (χ2n) is 4.45. The second-order valence-corrected chi connectivity index (χ2v) is 6.68. The molecule has 1 heterocycles. The molecular weight excluding hydrogens is 284 g/mol. The zero-order valence-corrected chi connectivity index (χ0v) is 13.5. The maximum atomic E-state index is 11.6. The van der Waals surface area contributed by atoms with E-state index in [2.05, 4.69) is 15.5 Å². The van der Waals surface area contributed by atoms with Crippen LogP contribution in [0, 0.1) is 0 Å². The van der Waals surface area contributed by atoms with Crippen molar-refractivity contribution in [3.05, 3.63) is 0 Å². The van der Waals surface area contributed by atoms with Gasteiger partial charge >= 0.3 is 5.97 Å². The molecule has 0 aromatic carbocycles. The average molecular weight is 304 g/mol.